The molecule has 92 valence electrons. The zero-order valence-corrected chi connectivity index (χ0v) is 11.1. The molecule has 0 spiro atoms. The quantitative estimate of drug-likeness (QED) is 0.469. The van der Waals surface area contributed by atoms with E-state index in [4.69, 9.17) is 4.74 Å². The van der Waals surface area contributed by atoms with Crippen LogP contribution in [0.25, 0.3) is 6.08 Å². The van der Waals surface area contributed by atoms with Gasteiger partial charge in [-0.3, -0.25) is 10.1 Å². The van der Waals surface area contributed by atoms with Gasteiger partial charge in [0.1, 0.15) is 5.75 Å². The van der Waals surface area contributed by atoms with Crippen LogP contribution in [0.2, 0.25) is 0 Å². The van der Waals surface area contributed by atoms with Gasteiger partial charge in [-0.05, 0) is 30.9 Å². The van der Waals surface area contributed by atoms with Gasteiger partial charge in [-0.15, -0.1) is 11.8 Å². The number of hydrogen-bond acceptors (Lipinski definition) is 4. The second-order valence-electron chi connectivity index (χ2n) is 3.61. The minimum atomic E-state index is -0.405. The Labute approximate surface area is 105 Å². The van der Waals surface area contributed by atoms with Gasteiger partial charge in [0.05, 0.1) is 12.0 Å². The van der Waals surface area contributed by atoms with E-state index in [1.54, 1.807) is 18.9 Å². The fourth-order valence-electron chi connectivity index (χ4n) is 1.46. The van der Waals surface area contributed by atoms with Crippen LogP contribution in [0.5, 0.6) is 5.75 Å². The summed E-state index contributed by atoms with van der Waals surface area (Å²) in [7, 11) is 1.56. The van der Waals surface area contributed by atoms with Gasteiger partial charge in [0.15, 0.2) is 0 Å². The van der Waals surface area contributed by atoms with Crippen molar-refractivity contribution in [2.75, 3.05) is 13.4 Å². The summed E-state index contributed by atoms with van der Waals surface area (Å²) < 4.78 is 5.23. The third-order valence-corrected chi connectivity index (χ3v) is 3.28. The first-order valence-corrected chi connectivity index (χ1v) is 6.27. The first-order valence-electron chi connectivity index (χ1n) is 5.05. The molecule has 0 unspecified atom stereocenters. The number of hydrogen-bond donors (Lipinski definition) is 0. The van der Waals surface area contributed by atoms with Crippen LogP contribution in [0.1, 0.15) is 18.1 Å². The van der Waals surface area contributed by atoms with E-state index >= 15 is 0 Å². The van der Waals surface area contributed by atoms with E-state index in [0.29, 0.717) is 5.75 Å². The molecule has 0 heterocycles. The molecule has 17 heavy (non-hydrogen) atoms. The molecule has 1 rings (SSSR count). The van der Waals surface area contributed by atoms with Crippen LogP contribution >= 0.6 is 11.8 Å². The summed E-state index contributed by atoms with van der Waals surface area (Å²) in [5.41, 5.74) is 1.93. The molecule has 1 aromatic carbocycles. The molecule has 0 aliphatic carbocycles. The van der Waals surface area contributed by atoms with E-state index in [1.165, 1.54) is 13.0 Å². The molecule has 0 atom stereocenters. The van der Waals surface area contributed by atoms with Crippen molar-refractivity contribution < 1.29 is 9.66 Å². The molecule has 0 fully saturated rings. The van der Waals surface area contributed by atoms with Crippen molar-refractivity contribution in [3.05, 3.63) is 39.1 Å². The van der Waals surface area contributed by atoms with E-state index in [9.17, 15) is 10.1 Å². The number of nitrogens with zero attached hydrogens (tertiary/aromatic N) is 1. The molecular weight excluding hydrogens is 238 g/mol. The monoisotopic (exact) mass is 253 g/mol. The minimum absolute atomic E-state index is 0.0965. The lowest BCUT2D eigenvalue weighted by atomic mass is 10.1. The molecule has 0 bridgehead atoms. The highest BCUT2D eigenvalue weighted by molar-refractivity contribution is 7.98. The second-order valence-corrected chi connectivity index (χ2v) is 4.45. The fraction of sp³-hybridized carbons (Fsp3) is 0.333. The van der Waals surface area contributed by atoms with Gasteiger partial charge in [-0.2, -0.15) is 0 Å². The number of benzene rings is 1. The van der Waals surface area contributed by atoms with Crippen molar-refractivity contribution in [2.24, 2.45) is 0 Å². The molecule has 0 aromatic heterocycles. The lowest BCUT2D eigenvalue weighted by Gasteiger charge is -2.09. The van der Waals surface area contributed by atoms with E-state index in [1.807, 2.05) is 25.3 Å². The normalized spacial score (nSPS) is 11.4. The molecular formula is C12H15NO3S. The fourth-order valence-corrected chi connectivity index (χ4v) is 2.09. The second kappa shape index (κ2) is 5.72. The molecule has 0 aliphatic rings. The summed E-state index contributed by atoms with van der Waals surface area (Å²) in [5.74, 6) is 0.654. The summed E-state index contributed by atoms with van der Waals surface area (Å²) in [4.78, 5) is 11.3. The Balaban J connectivity index is 3.31. The molecule has 1 aromatic rings. The van der Waals surface area contributed by atoms with Crippen molar-refractivity contribution in [3.63, 3.8) is 0 Å². The van der Waals surface area contributed by atoms with Gasteiger partial charge < -0.3 is 4.74 Å². The average molecular weight is 253 g/mol. The van der Waals surface area contributed by atoms with Gasteiger partial charge in [-0.1, -0.05) is 0 Å². The summed E-state index contributed by atoms with van der Waals surface area (Å²) >= 11 is 1.61. The van der Waals surface area contributed by atoms with Gasteiger partial charge >= 0.3 is 0 Å². The smallest absolute Gasteiger partial charge is 0.243 e. The summed E-state index contributed by atoms with van der Waals surface area (Å²) in [5, 5.41) is 10.6. The number of ether oxygens (including phenoxy) is 1. The number of thioether (sulfide) groups is 1. The predicted molar refractivity (Wildman–Crippen MR) is 70.2 cm³/mol. The summed E-state index contributed by atoms with van der Waals surface area (Å²) in [6.07, 6.45) is 3.50. The highest BCUT2D eigenvalue weighted by atomic mass is 32.2. The number of methoxy groups -OCH3 is 1. The third kappa shape index (κ3) is 3.23. The highest BCUT2D eigenvalue weighted by Crippen LogP contribution is 2.30. The first kappa shape index (κ1) is 13.6. The van der Waals surface area contributed by atoms with Crippen LogP contribution in [-0.4, -0.2) is 18.3 Å². The molecule has 5 heteroatoms. The lowest BCUT2D eigenvalue weighted by molar-refractivity contribution is -0.422. The average Bonchev–Trinajstić information content (AvgIpc) is 2.30. The zero-order chi connectivity index (χ0) is 13.0. The molecule has 0 radical (unpaired) electrons. The first-order chi connectivity index (χ1) is 7.99. The SMILES string of the molecule is COc1cc(C)c(SC)cc1/C=C(\C)[N+](=O)[O-]. The third-order valence-electron chi connectivity index (χ3n) is 2.40. The van der Waals surface area contributed by atoms with Crippen LogP contribution in [0.3, 0.4) is 0 Å². The number of allylic oxidation sites excluding steroid dienone is 1. The number of rotatable bonds is 4. The van der Waals surface area contributed by atoms with E-state index in [2.05, 4.69) is 0 Å². The Morgan fingerprint density at radius 3 is 2.65 bits per heavy atom. The zero-order valence-electron chi connectivity index (χ0n) is 10.3. The molecule has 0 aliphatic heterocycles. The Kier molecular flexibility index (Phi) is 4.57. The van der Waals surface area contributed by atoms with Crippen LogP contribution in [0, 0.1) is 17.0 Å². The van der Waals surface area contributed by atoms with Gasteiger partial charge in [0, 0.05) is 23.5 Å². The summed E-state index contributed by atoms with van der Waals surface area (Å²) in [6, 6.07) is 3.80. The lowest BCUT2D eigenvalue weighted by Crippen LogP contribution is -1.95. The standard InChI is InChI=1S/C12H15NO3S/c1-8-5-11(16-3)10(7-12(8)17-4)6-9(2)13(14)15/h5-7H,1-4H3/b9-6+. The van der Waals surface area contributed by atoms with Crippen LogP contribution in [-0.2, 0) is 0 Å². The van der Waals surface area contributed by atoms with Crippen molar-refractivity contribution >= 4 is 17.8 Å². The molecule has 0 saturated carbocycles. The van der Waals surface area contributed by atoms with Gasteiger partial charge in [0.25, 0.3) is 0 Å². The Morgan fingerprint density at radius 2 is 2.18 bits per heavy atom. The van der Waals surface area contributed by atoms with Crippen molar-refractivity contribution in [1.82, 2.24) is 0 Å². The summed E-state index contributed by atoms with van der Waals surface area (Å²) in [6.45, 7) is 3.46. The Hall–Kier alpha value is -1.49. The van der Waals surface area contributed by atoms with E-state index in [0.717, 1.165) is 16.0 Å². The topological polar surface area (TPSA) is 52.4 Å². The molecule has 0 saturated heterocycles. The maximum Gasteiger partial charge on any atom is 0.243 e. The van der Waals surface area contributed by atoms with Crippen LogP contribution in [0.15, 0.2) is 22.7 Å². The van der Waals surface area contributed by atoms with Crippen molar-refractivity contribution in [3.8, 4) is 5.75 Å². The van der Waals surface area contributed by atoms with Crippen LogP contribution < -0.4 is 4.74 Å². The van der Waals surface area contributed by atoms with E-state index in [-0.39, 0.29) is 5.70 Å². The van der Waals surface area contributed by atoms with Crippen LogP contribution in [0.4, 0.5) is 0 Å². The maximum absolute atomic E-state index is 10.6. The predicted octanol–water partition coefficient (Wildman–Crippen LogP) is 3.36. The maximum atomic E-state index is 10.6. The molecule has 4 nitrogen and oxygen atoms in total. The number of nitro groups is 1. The molecule has 0 amide bonds. The largest absolute Gasteiger partial charge is 0.496 e. The van der Waals surface area contributed by atoms with E-state index < -0.39 is 4.92 Å². The minimum Gasteiger partial charge on any atom is -0.496 e. The van der Waals surface area contributed by atoms with Crippen molar-refractivity contribution in [1.29, 1.82) is 0 Å². The van der Waals surface area contributed by atoms with Gasteiger partial charge in [0.2, 0.25) is 5.70 Å². The highest BCUT2D eigenvalue weighted by Gasteiger charge is 2.09. The van der Waals surface area contributed by atoms with Gasteiger partial charge in [-0.25, -0.2) is 0 Å². The Bertz CT molecular complexity index is 469. The Morgan fingerprint density at radius 1 is 1.53 bits per heavy atom. The van der Waals surface area contributed by atoms with Crippen molar-refractivity contribution in [2.45, 2.75) is 18.7 Å². The molecule has 0 N–H and O–H groups in total. The number of aryl methyl sites for hydroxylation is 1.